The van der Waals surface area contributed by atoms with E-state index in [0.29, 0.717) is 11.4 Å². The fraction of sp³-hybridized carbons (Fsp3) is 0.316. The van der Waals surface area contributed by atoms with Gasteiger partial charge < -0.3 is 9.88 Å². The SMILES string of the molecule is CCCn1ncc(C(=O)N[C@@H](c2ccc(F)cc2)c2nccn2C)c1C. The van der Waals surface area contributed by atoms with Crippen molar-refractivity contribution in [3.8, 4) is 0 Å². The molecule has 0 saturated carbocycles. The summed E-state index contributed by atoms with van der Waals surface area (Å²) >= 11 is 0. The molecule has 2 aromatic heterocycles. The van der Waals surface area contributed by atoms with Crippen molar-refractivity contribution in [2.24, 2.45) is 7.05 Å². The predicted molar refractivity (Wildman–Crippen MR) is 96.2 cm³/mol. The third-order valence-electron chi connectivity index (χ3n) is 4.38. The first-order valence-corrected chi connectivity index (χ1v) is 8.57. The van der Waals surface area contributed by atoms with Crippen molar-refractivity contribution in [1.82, 2.24) is 24.6 Å². The number of carbonyl (C=O) groups is 1. The normalized spacial score (nSPS) is 12.2. The Bertz CT molecular complexity index is 897. The third-order valence-corrected chi connectivity index (χ3v) is 4.38. The summed E-state index contributed by atoms with van der Waals surface area (Å²) in [5.74, 6) is 0.112. The number of amides is 1. The fourth-order valence-electron chi connectivity index (χ4n) is 2.92. The number of nitrogens with one attached hydrogen (secondary N) is 1. The van der Waals surface area contributed by atoms with Crippen LogP contribution in [0.3, 0.4) is 0 Å². The van der Waals surface area contributed by atoms with Gasteiger partial charge in [-0.15, -0.1) is 0 Å². The molecule has 0 unspecified atom stereocenters. The number of imidazole rings is 1. The summed E-state index contributed by atoms with van der Waals surface area (Å²) in [6.07, 6.45) is 6.00. The monoisotopic (exact) mass is 355 g/mol. The number of nitrogens with zero attached hydrogens (tertiary/aromatic N) is 4. The Morgan fingerprint density at radius 1 is 1.31 bits per heavy atom. The van der Waals surface area contributed by atoms with Crippen LogP contribution in [0.2, 0.25) is 0 Å². The maximum Gasteiger partial charge on any atom is 0.255 e. The van der Waals surface area contributed by atoms with Crippen molar-refractivity contribution in [3.63, 3.8) is 0 Å². The molecule has 1 aromatic carbocycles. The molecule has 3 aromatic rings. The zero-order valence-corrected chi connectivity index (χ0v) is 15.1. The van der Waals surface area contributed by atoms with Crippen molar-refractivity contribution in [3.05, 3.63) is 71.3 Å². The Morgan fingerprint density at radius 2 is 2.04 bits per heavy atom. The van der Waals surface area contributed by atoms with E-state index < -0.39 is 6.04 Å². The minimum Gasteiger partial charge on any atom is -0.338 e. The van der Waals surface area contributed by atoms with Gasteiger partial charge >= 0.3 is 0 Å². The number of benzene rings is 1. The number of aromatic nitrogens is 4. The lowest BCUT2D eigenvalue weighted by molar-refractivity contribution is 0.0940. The van der Waals surface area contributed by atoms with Gasteiger partial charge in [0.1, 0.15) is 17.7 Å². The zero-order chi connectivity index (χ0) is 18.7. The molecule has 0 aliphatic rings. The van der Waals surface area contributed by atoms with E-state index in [4.69, 9.17) is 0 Å². The van der Waals surface area contributed by atoms with Gasteiger partial charge in [-0.2, -0.15) is 5.10 Å². The second kappa shape index (κ2) is 7.51. The number of carbonyl (C=O) groups excluding carboxylic acids is 1. The molecule has 2 heterocycles. The average Bonchev–Trinajstić information content (AvgIpc) is 3.20. The van der Waals surface area contributed by atoms with E-state index in [0.717, 1.165) is 24.2 Å². The maximum absolute atomic E-state index is 13.3. The highest BCUT2D eigenvalue weighted by Crippen LogP contribution is 2.22. The molecular formula is C19H22FN5O. The highest BCUT2D eigenvalue weighted by Gasteiger charge is 2.23. The van der Waals surface area contributed by atoms with E-state index in [1.165, 1.54) is 12.1 Å². The first-order valence-electron chi connectivity index (χ1n) is 8.57. The molecule has 0 aliphatic carbocycles. The van der Waals surface area contributed by atoms with E-state index in [1.54, 1.807) is 24.5 Å². The molecule has 0 aliphatic heterocycles. The number of rotatable bonds is 6. The molecule has 1 N–H and O–H groups in total. The van der Waals surface area contributed by atoms with E-state index in [9.17, 15) is 9.18 Å². The molecule has 0 fully saturated rings. The Hall–Kier alpha value is -2.96. The van der Waals surface area contributed by atoms with E-state index in [-0.39, 0.29) is 11.7 Å². The van der Waals surface area contributed by atoms with Gasteiger partial charge in [-0.05, 0) is 31.0 Å². The molecule has 0 bridgehead atoms. The molecule has 0 spiro atoms. The lowest BCUT2D eigenvalue weighted by atomic mass is 10.1. The summed E-state index contributed by atoms with van der Waals surface area (Å²) in [6.45, 7) is 4.71. The lowest BCUT2D eigenvalue weighted by Gasteiger charge is -2.19. The van der Waals surface area contributed by atoms with Crippen LogP contribution in [0.4, 0.5) is 4.39 Å². The third kappa shape index (κ3) is 3.51. The van der Waals surface area contributed by atoms with Crippen LogP contribution in [0, 0.1) is 12.7 Å². The fourth-order valence-corrected chi connectivity index (χ4v) is 2.92. The van der Waals surface area contributed by atoms with Crippen LogP contribution < -0.4 is 5.32 Å². The molecule has 136 valence electrons. The number of halogens is 1. The van der Waals surface area contributed by atoms with Gasteiger partial charge in [0.25, 0.3) is 5.91 Å². The minimum absolute atomic E-state index is 0.234. The van der Waals surface area contributed by atoms with Gasteiger partial charge in [-0.3, -0.25) is 9.48 Å². The summed E-state index contributed by atoms with van der Waals surface area (Å²) in [5, 5.41) is 7.29. The molecule has 7 heteroatoms. The Labute approximate surface area is 151 Å². The number of aryl methyl sites for hydroxylation is 2. The largest absolute Gasteiger partial charge is 0.338 e. The topological polar surface area (TPSA) is 64.7 Å². The first-order chi connectivity index (χ1) is 12.5. The van der Waals surface area contributed by atoms with E-state index >= 15 is 0 Å². The second-order valence-electron chi connectivity index (χ2n) is 6.22. The Kier molecular flexibility index (Phi) is 5.16. The lowest BCUT2D eigenvalue weighted by Crippen LogP contribution is -2.31. The van der Waals surface area contributed by atoms with Crippen LogP contribution in [0.1, 0.15) is 46.8 Å². The van der Waals surface area contributed by atoms with Gasteiger partial charge in [-0.1, -0.05) is 19.1 Å². The van der Waals surface area contributed by atoms with Gasteiger partial charge in [-0.25, -0.2) is 9.37 Å². The van der Waals surface area contributed by atoms with Crippen molar-refractivity contribution in [2.75, 3.05) is 0 Å². The highest BCUT2D eigenvalue weighted by atomic mass is 19.1. The van der Waals surface area contributed by atoms with Gasteiger partial charge in [0.05, 0.1) is 11.8 Å². The van der Waals surface area contributed by atoms with Crippen molar-refractivity contribution in [1.29, 1.82) is 0 Å². The molecule has 3 rings (SSSR count). The molecule has 0 saturated heterocycles. The van der Waals surface area contributed by atoms with Crippen molar-refractivity contribution in [2.45, 2.75) is 32.9 Å². The number of hydrogen-bond acceptors (Lipinski definition) is 3. The standard InChI is InChI=1S/C19H22FN5O/c1-4-10-25-13(2)16(12-22-25)19(26)23-17(18-21-9-11-24(18)3)14-5-7-15(20)8-6-14/h5-9,11-12,17H,4,10H2,1-3H3,(H,23,26)/t17-/m0/s1. The molecular weight excluding hydrogens is 333 g/mol. The van der Waals surface area contributed by atoms with Crippen molar-refractivity contribution < 1.29 is 9.18 Å². The zero-order valence-electron chi connectivity index (χ0n) is 15.1. The Balaban J connectivity index is 1.92. The minimum atomic E-state index is -0.489. The quantitative estimate of drug-likeness (QED) is 0.739. The van der Waals surface area contributed by atoms with Crippen LogP contribution in [0.5, 0.6) is 0 Å². The Morgan fingerprint density at radius 3 is 2.65 bits per heavy atom. The van der Waals surface area contributed by atoms with Crippen LogP contribution in [0.25, 0.3) is 0 Å². The summed E-state index contributed by atoms with van der Waals surface area (Å²) < 4.78 is 17.0. The molecule has 1 amide bonds. The molecule has 6 nitrogen and oxygen atoms in total. The summed E-state index contributed by atoms with van der Waals surface area (Å²) in [7, 11) is 1.86. The van der Waals surface area contributed by atoms with Crippen LogP contribution in [0.15, 0.2) is 42.9 Å². The van der Waals surface area contributed by atoms with E-state index in [2.05, 4.69) is 22.3 Å². The maximum atomic E-state index is 13.3. The predicted octanol–water partition coefficient (Wildman–Crippen LogP) is 2.99. The second-order valence-corrected chi connectivity index (χ2v) is 6.22. The average molecular weight is 355 g/mol. The molecule has 26 heavy (non-hydrogen) atoms. The van der Waals surface area contributed by atoms with E-state index in [1.807, 2.05) is 29.4 Å². The molecule has 1 atom stereocenters. The summed E-state index contributed by atoms with van der Waals surface area (Å²) in [5.41, 5.74) is 2.11. The summed E-state index contributed by atoms with van der Waals surface area (Å²) in [4.78, 5) is 17.2. The highest BCUT2D eigenvalue weighted by molar-refractivity contribution is 5.95. The van der Waals surface area contributed by atoms with Crippen molar-refractivity contribution >= 4 is 5.91 Å². The molecule has 0 radical (unpaired) electrons. The number of hydrogen-bond donors (Lipinski definition) is 1. The smallest absolute Gasteiger partial charge is 0.255 e. The van der Waals surface area contributed by atoms with Gasteiger partial charge in [0.15, 0.2) is 0 Å². The van der Waals surface area contributed by atoms with Gasteiger partial charge in [0.2, 0.25) is 0 Å². The van der Waals surface area contributed by atoms with Crippen LogP contribution >= 0.6 is 0 Å². The van der Waals surface area contributed by atoms with Crippen LogP contribution in [-0.4, -0.2) is 25.2 Å². The summed E-state index contributed by atoms with van der Waals surface area (Å²) in [6, 6.07) is 5.58. The van der Waals surface area contributed by atoms with Gasteiger partial charge in [0, 0.05) is 31.7 Å². The van der Waals surface area contributed by atoms with Crippen LogP contribution in [-0.2, 0) is 13.6 Å². The first kappa shape index (κ1) is 17.8.